The van der Waals surface area contributed by atoms with Crippen LogP contribution in [0.15, 0.2) is 4.52 Å². The molecule has 1 heterocycles. The Morgan fingerprint density at radius 3 is 2.79 bits per heavy atom. The van der Waals surface area contributed by atoms with Crippen LogP contribution in [-0.2, 0) is 17.6 Å². The number of rotatable bonds is 5. The van der Waals surface area contributed by atoms with E-state index in [1.165, 1.54) is 0 Å². The third kappa shape index (κ3) is 2.73. The Hall–Kier alpha value is -1.03. The van der Waals surface area contributed by atoms with Gasteiger partial charge in [0, 0.05) is 19.1 Å². The number of aromatic nitrogens is 1. The van der Waals surface area contributed by atoms with E-state index in [1.807, 2.05) is 0 Å². The molecule has 0 aromatic carbocycles. The lowest BCUT2D eigenvalue weighted by Gasteiger charge is -2.04. The Kier molecular flexibility index (Phi) is 3.95. The maximum absolute atomic E-state index is 5.69. The van der Waals surface area contributed by atoms with Crippen molar-refractivity contribution in [1.29, 1.82) is 0 Å². The predicted octanol–water partition coefficient (Wildman–Crippen LogP) is 1.64. The summed E-state index contributed by atoms with van der Waals surface area (Å²) in [6.45, 7) is 4.94. The molecule has 0 amide bonds. The Bertz CT molecular complexity index is 282. The standard InChI is InChI=1S/C10H18N2O2/c1-7(2)6-8-9(4-5-13-3)12-14-10(8)11/h7H,4-6,11H2,1-3H3. The average Bonchev–Trinajstić information content (AvgIpc) is 2.45. The second-order valence-electron chi connectivity index (χ2n) is 3.81. The first-order valence-electron chi connectivity index (χ1n) is 4.87. The maximum atomic E-state index is 5.69. The second kappa shape index (κ2) is 5.00. The third-order valence-electron chi connectivity index (χ3n) is 2.06. The largest absolute Gasteiger partial charge is 0.384 e. The topological polar surface area (TPSA) is 61.3 Å². The fourth-order valence-corrected chi connectivity index (χ4v) is 1.38. The van der Waals surface area contributed by atoms with Gasteiger partial charge in [-0.25, -0.2) is 0 Å². The first-order valence-corrected chi connectivity index (χ1v) is 4.87. The smallest absolute Gasteiger partial charge is 0.225 e. The quantitative estimate of drug-likeness (QED) is 0.781. The van der Waals surface area contributed by atoms with Crippen molar-refractivity contribution < 1.29 is 9.26 Å². The highest BCUT2D eigenvalue weighted by Gasteiger charge is 2.14. The van der Waals surface area contributed by atoms with Gasteiger partial charge in [-0.15, -0.1) is 0 Å². The van der Waals surface area contributed by atoms with Gasteiger partial charge in [-0.05, 0) is 12.3 Å². The van der Waals surface area contributed by atoms with E-state index in [-0.39, 0.29) is 0 Å². The molecular formula is C10H18N2O2. The van der Waals surface area contributed by atoms with Crippen LogP contribution in [0.25, 0.3) is 0 Å². The zero-order valence-corrected chi connectivity index (χ0v) is 9.04. The van der Waals surface area contributed by atoms with E-state index in [0.29, 0.717) is 18.4 Å². The molecule has 4 heteroatoms. The van der Waals surface area contributed by atoms with E-state index in [2.05, 4.69) is 19.0 Å². The van der Waals surface area contributed by atoms with Gasteiger partial charge in [0.25, 0.3) is 0 Å². The van der Waals surface area contributed by atoms with Crippen LogP contribution < -0.4 is 5.73 Å². The molecule has 0 saturated carbocycles. The lowest BCUT2D eigenvalue weighted by molar-refractivity contribution is 0.200. The van der Waals surface area contributed by atoms with E-state index in [9.17, 15) is 0 Å². The van der Waals surface area contributed by atoms with Crippen molar-refractivity contribution in [2.45, 2.75) is 26.7 Å². The SMILES string of the molecule is COCCc1noc(N)c1CC(C)C. The molecule has 14 heavy (non-hydrogen) atoms. The zero-order chi connectivity index (χ0) is 10.6. The van der Waals surface area contributed by atoms with Crippen LogP contribution in [0.3, 0.4) is 0 Å². The van der Waals surface area contributed by atoms with Gasteiger partial charge in [0.15, 0.2) is 0 Å². The lowest BCUT2D eigenvalue weighted by atomic mass is 10.0. The predicted molar refractivity (Wildman–Crippen MR) is 55.0 cm³/mol. The molecule has 0 fully saturated rings. The first kappa shape index (κ1) is 11.0. The molecule has 0 radical (unpaired) electrons. The van der Waals surface area contributed by atoms with Crippen molar-refractivity contribution in [2.24, 2.45) is 5.92 Å². The highest BCUT2D eigenvalue weighted by atomic mass is 16.5. The normalized spacial score (nSPS) is 11.1. The Morgan fingerprint density at radius 1 is 1.50 bits per heavy atom. The van der Waals surface area contributed by atoms with Crippen molar-refractivity contribution in [3.8, 4) is 0 Å². The molecule has 1 aromatic rings. The Labute approximate surface area is 84.4 Å². The van der Waals surface area contributed by atoms with Gasteiger partial charge in [-0.3, -0.25) is 0 Å². The van der Waals surface area contributed by atoms with Crippen LogP contribution in [0, 0.1) is 5.92 Å². The summed E-state index contributed by atoms with van der Waals surface area (Å²) in [4.78, 5) is 0. The van der Waals surface area contributed by atoms with Crippen LogP contribution in [-0.4, -0.2) is 18.9 Å². The molecule has 0 aliphatic carbocycles. The lowest BCUT2D eigenvalue weighted by Crippen LogP contribution is -2.03. The second-order valence-corrected chi connectivity index (χ2v) is 3.81. The number of hydrogen-bond donors (Lipinski definition) is 1. The molecule has 0 saturated heterocycles. The van der Waals surface area contributed by atoms with Crippen molar-refractivity contribution in [2.75, 3.05) is 19.5 Å². The molecule has 2 N–H and O–H groups in total. The summed E-state index contributed by atoms with van der Waals surface area (Å²) < 4.78 is 9.96. The van der Waals surface area contributed by atoms with Crippen LogP contribution in [0.1, 0.15) is 25.1 Å². The van der Waals surface area contributed by atoms with Gasteiger partial charge in [-0.1, -0.05) is 19.0 Å². The number of hydrogen-bond acceptors (Lipinski definition) is 4. The molecule has 0 bridgehead atoms. The van der Waals surface area contributed by atoms with Crippen molar-refractivity contribution in [3.63, 3.8) is 0 Å². The number of nitrogens with two attached hydrogens (primary N) is 1. The van der Waals surface area contributed by atoms with Gasteiger partial charge >= 0.3 is 0 Å². The fraction of sp³-hybridized carbons (Fsp3) is 0.700. The maximum Gasteiger partial charge on any atom is 0.225 e. The Morgan fingerprint density at radius 2 is 2.21 bits per heavy atom. The minimum atomic E-state index is 0.449. The van der Waals surface area contributed by atoms with Gasteiger partial charge in [0.05, 0.1) is 12.3 Å². The van der Waals surface area contributed by atoms with Crippen molar-refractivity contribution in [1.82, 2.24) is 5.16 Å². The molecule has 1 rings (SSSR count). The van der Waals surface area contributed by atoms with E-state index in [1.54, 1.807) is 7.11 Å². The summed E-state index contributed by atoms with van der Waals surface area (Å²) in [5, 5.41) is 3.93. The molecule has 0 aliphatic heterocycles. The number of nitrogen functional groups attached to an aromatic ring is 1. The van der Waals surface area contributed by atoms with Gasteiger partial charge in [0.1, 0.15) is 0 Å². The number of methoxy groups -OCH3 is 1. The monoisotopic (exact) mass is 198 g/mol. The van der Waals surface area contributed by atoms with Gasteiger partial charge in [-0.2, -0.15) is 0 Å². The molecule has 1 aromatic heterocycles. The van der Waals surface area contributed by atoms with Crippen molar-refractivity contribution >= 4 is 5.88 Å². The first-order chi connectivity index (χ1) is 6.65. The molecule has 0 spiro atoms. The summed E-state index contributed by atoms with van der Waals surface area (Å²) in [5.74, 6) is 1.00. The summed E-state index contributed by atoms with van der Waals surface area (Å²) in [7, 11) is 1.67. The number of nitrogens with zero attached hydrogens (tertiary/aromatic N) is 1. The molecule has 80 valence electrons. The van der Waals surface area contributed by atoms with Crippen molar-refractivity contribution in [3.05, 3.63) is 11.3 Å². The molecule has 0 atom stereocenters. The third-order valence-corrected chi connectivity index (χ3v) is 2.06. The van der Waals surface area contributed by atoms with Gasteiger partial charge < -0.3 is 15.0 Å². The minimum Gasteiger partial charge on any atom is -0.384 e. The van der Waals surface area contributed by atoms with Crippen LogP contribution in [0.4, 0.5) is 5.88 Å². The van der Waals surface area contributed by atoms with E-state index in [0.717, 1.165) is 24.1 Å². The van der Waals surface area contributed by atoms with E-state index >= 15 is 0 Å². The highest BCUT2D eigenvalue weighted by molar-refractivity contribution is 5.39. The summed E-state index contributed by atoms with van der Waals surface area (Å²) in [6, 6.07) is 0. The van der Waals surface area contributed by atoms with Crippen LogP contribution >= 0.6 is 0 Å². The zero-order valence-electron chi connectivity index (χ0n) is 9.04. The molecular weight excluding hydrogens is 180 g/mol. The summed E-state index contributed by atoms with van der Waals surface area (Å²) in [6.07, 6.45) is 1.67. The van der Waals surface area contributed by atoms with E-state index in [4.69, 9.17) is 15.0 Å². The van der Waals surface area contributed by atoms with Crippen LogP contribution in [0.2, 0.25) is 0 Å². The molecule has 4 nitrogen and oxygen atoms in total. The average molecular weight is 198 g/mol. The number of ether oxygens (including phenoxy) is 1. The highest BCUT2D eigenvalue weighted by Crippen LogP contribution is 2.20. The minimum absolute atomic E-state index is 0.449. The molecule has 0 aliphatic rings. The molecule has 0 unspecified atom stereocenters. The summed E-state index contributed by atoms with van der Waals surface area (Å²) in [5.41, 5.74) is 7.66. The van der Waals surface area contributed by atoms with Gasteiger partial charge in [0.2, 0.25) is 5.88 Å². The van der Waals surface area contributed by atoms with Crippen LogP contribution in [0.5, 0.6) is 0 Å². The van der Waals surface area contributed by atoms with E-state index < -0.39 is 0 Å². The Balaban J connectivity index is 2.72. The number of anilines is 1. The summed E-state index contributed by atoms with van der Waals surface area (Å²) >= 11 is 0. The fourth-order valence-electron chi connectivity index (χ4n) is 1.38.